The number of amides is 5. The molecule has 34 heavy (non-hydrogen) atoms. The van der Waals surface area contributed by atoms with Crippen LogP contribution in [0, 0.1) is 11.8 Å². The minimum absolute atomic E-state index is 0.00792. The van der Waals surface area contributed by atoms with Gasteiger partial charge in [0.1, 0.15) is 5.75 Å². The Labute approximate surface area is 203 Å². The number of hydrogen-bond acceptors (Lipinski definition) is 5. The maximum atomic E-state index is 13.5. The molecule has 5 amide bonds. The molecule has 1 aromatic rings. The number of methoxy groups -OCH3 is 1. The number of hydrogen-bond donors (Lipinski definition) is 1. The van der Waals surface area contributed by atoms with Gasteiger partial charge in [-0.25, -0.2) is 19.5 Å². The van der Waals surface area contributed by atoms with E-state index in [1.807, 2.05) is 18.2 Å². The van der Waals surface area contributed by atoms with Gasteiger partial charge in [0, 0.05) is 32.1 Å². The maximum absolute atomic E-state index is 13.5. The van der Waals surface area contributed by atoms with Crippen LogP contribution in [0.1, 0.15) is 31.2 Å². The van der Waals surface area contributed by atoms with Gasteiger partial charge in [-0.2, -0.15) is 5.10 Å². The van der Waals surface area contributed by atoms with Gasteiger partial charge >= 0.3 is 12.1 Å². The third-order valence-corrected chi connectivity index (χ3v) is 7.45. The largest absolute Gasteiger partial charge is 0.495 e. The first-order chi connectivity index (χ1) is 16.5. The average molecular weight is 486 g/mol. The second-order valence-electron chi connectivity index (χ2n) is 9.06. The normalized spacial score (nSPS) is 25.2. The summed E-state index contributed by atoms with van der Waals surface area (Å²) >= 11 is 6.40. The van der Waals surface area contributed by atoms with Crippen LogP contribution in [0.4, 0.5) is 9.59 Å². The summed E-state index contributed by atoms with van der Waals surface area (Å²) in [7, 11) is 1.58. The van der Waals surface area contributed by atoms with Crippen LogP contribution in [0.5, 0.6) is 5.75 Å². The van der Waals surface area contributed by atoms with Crippen molar-refractivity contribution in [2.24, 2.45) is 16.9 Å². The van der Waals surface area contributed by atoms with Crippen LogP contribution in [-0.4, -0.2) is 77.8 Å². The monoisotopic (exact) mass is 485 g/mol. The molecule has 0 radical (unpaired) electrons. The van der Waals surface area contributed by atoms with Crippen molar-refractivity contribution in [2.75, 3.05) is 33.3 Å². The van der Waals surface area contributed by atoms with Crippen molar-refractivity contribution in [1.82, 2.24) is 20.1 Å². The molecule has 2 fully saturated rings. The molecule has 3 heterocycles. The van der Waals surface area contributed by atoms with Crippen LogP contribution in [0.15, 0.2) is 35.5 Å². The van der Waals surface area contributed by atoms with Gasteiger partial charge in [-0.3, -0.25) is 4.79 Å². The van der Waals surface area contributed by atoms with E-state index in [2.05, 4.69) is 17.5 Å². The van der Waals surface area contributed by atoms with Crippen molar-refractivity contribution in [1.29, 1.82) is 0 Å². The first-order valence-corrected chi connectivity index (χ1v) is 12.1. The van der Waals surface area contributed by atoms with Crippen LogP contribution in [-0.2, 0) is 4.79 Å². The number of imide groups is 1. The maximum Gasteiger partial charge on any atom is 0.328 e. The lowest BCUT2D eigenvalue weighted by Gasteiger charge is -2.42. The summed E-state index contributed by atoms with van der Waals surface area (Å²) < 4.78 is 5.29. The zero-order valence-electron chi connectivity index (χ0n) is 19.1. The minimum atomic E-state index is -0.345. The molecule has 1 aliphatic carbocycles. The Morgan fingerprint density at radius 2 is 1.85 bits per heavy atom. The van der Waals surface area contributed by atoms with E-state index in [9.17, 15) is 14.4 Å². The van der Waals surface area contributed by atoms with Gasteiger partial charge in [0.2, 0.25) is 5.91 Å². The SMILES string of the molecule is COc1ccc(C2=NN(C3CCN(C(=O)N4CCNC4=O)CC3)C(=O)[C@@H]3CC=CC[C@H]23)cc1Cl. The molecular weight excluding hydrogens is 458 g/mol. The van der Waals surface area contributed by atoms with Gasteiger partial charge in [-0.1, -0.05) is 23.8 Å². The first kappa shape index (κ1) is 22.7. The molecule has 10 heteroatoms. The summed E-state index contributed by atoms with van der Waals surface area (Å²) in [5.74, 6) is 0.486. The van der Waals surface area contributed by atoms with E-state index in [0.29, 0.717) is 56.2 Å². The molecule has 180 valence electrons. The Balaban J connectivity index is 1.37. The fourth-order valence-corrected chi connectivity index (χ4v) is 5.54. The predicted molar refractivity (Wildman–Crippen MR) is 127 cm³/mol. The molecule has 0 unspecified atom stereocenters. The molecule has 0 aromatic heterocycles. The molecule has 3 aliphatic heterocycles. The van der Waals surface area contributed by atoms with Gasteiger partial charge in [-0.15, -0.1) is 0 Å². The van der Waals surface area contributed by atoms with Crippen molar-refractivity contribution < 1.29 is 19.1 Å². The average Bonchev–Trinajstić information content (AvgIpc) is 3.30. The predicted octanol–water partition coefficient (Wildman–Crippen LogP) is 3.09. The van der Waals surface area contributed by atoms with Gasteiger partial charge in [0.25, 0.3) is 0 Å². The summed E-state index contributed by atoms with van der Waals surface area (Å²) in [6.07, 6.45) is 6.86. The molecule has 0 spiro atoms. The summed E-state index contributed by atoms with van der Waals surface area (Å²) in [5.41, 5.74) is 1.76. The third kappa shape index (κ3) is 4.02. The molecular formula is C24H28ClN5O4. The number of halogens is 1. The van der Waals surface area contributed by atoms with E-state index in [0.717, 1.165) is 17.7 Å². The standard InChI is InChI=1S/C24H28ClN5O4/c1-34-20-7-6-15(14-19(20)25)21-17-4-2-3-5-18(17)22(31)30(27-21)16-8-11-28(12-9-16)24(33)29-13-10-26-23(29)32/h2-3,6-7,14,16-18H,4-5,8-13H2,1H3,(H,26,32)/t17-,18+/m0/s1. The number of allylic oxidation sites excluding steroid dienone is 2. The molecule has 4 aliphatic rings. The summed E-state index contributed by atoms with van der Waals surface area (Å²) in [6, 6.07) is 4.91. The number of hydrazone groups is 1. The quantitative estimate of drug-likeness (QED) is 0.665. The smallest absolute Gasteiger partial charge is 0.328 e. The molecule has 0 bridgehead atoms. The Hall–Kier alpha value is -3.07. The highest BCUT2D eigenvalue weighted by Crippen LogP contribution is 2.38. The van der Waals surface area contributed by atoms with Crippen LogP contribution >= 0.6 is 11.6 Å². The van der Waals surface area contributed by atoms with Crippen molar-refractivity contribution in [2.45, 2.75) is 31.7 Å². The van der Waals surface area contributed by atoms with Crippen molar-refractivity contribution in [3.63, 3.8) is 0 Å². The number of ether oxygens (including phenoxy) is 1. The fourth-order valence-electron chi connectivity index (χ4n) is 5.28. The number of likely N-dealkylation sites (tertiary alicyclic amines) is 1. The zero-order chi connectivity index (χ0) is 23.8. The first-order valence-electron chi connectivity index (χ1n) is 11.7. The summed E-state index contributed by atoms with van der Waals surface area (Å²) in [4.78, 5) is 41.0. The highest BCUT2D eigenvalue weighted by Gasteiger charge is 2.43. The summed E-state index contributed by atoms with van der Waals surface area (Å²) in [5, 5.41) is 9.70. The Bertz CT molecular complexity index is 1070. The van der Waals surface area contributed by atoms with Crippen LogP contribution < -0.4 is 10.1 Å². The topological polar surface area (TPSA) is 94.6 Å². The molecule has 0 saturated carbocycles. The van der Waals surface area contributed by atoms with Gasteiger partial charge in [0.15, 0.2) is 0 Å². The number of carbonyl (C=O) groups is 3. The van der Waals surface area contributed by atoms with E-state index in [1.54, 1.807) is 17.0 Å². The van der Waals surface area contributed by atoms with Gasteiger partial charge in [-0.05, 0) is 49.4 Å². The second-order valence-corrected chi connectivity index (χ2v) is 9.46. The Morgan fingerprint density at radius 3 is 2.50 bits per heavy atom. The third-order valence-electron chi connectivity index (χ3n) is 7.16. The Morgan fingerprint density at radius 1 is 1.12 bits per heavy atom. The number of nitrogens with zero attached hydrogens (tertiary/aromatic N) is 4. The van der Waals surface area contributed by atoms with Gasteiger partial charge in [0.05, 0.1) is 29.8 Å². The molecule has 2 saturated heterocycles. The Kier molecular flexibility index (Phi) is 6.20. The van der Waals surface area contributed by atoms with Crippen molar-refractivity contribution in [3.05, 3.63) is 40.9 Å². The van der Waals surface area contributed by atoms with Crippen LogP contribution in [0.25, 0.3) is 0 Å². The number of nitrogens with one attached hydrogen (secondary N) is 1. The number of piperidine rings is 1. The van der Waals surface area contributed by atoms with E-state index < -0.39 is 0 Å². The highest BCUT2D eigenvalue weighted by atomic mass is 35.5. The van der Waals surface area contributed by atoms with E-state index in [-0.39, 0.29) is 35.8 Å². The van der Waals surface area contributed by atoms with Crippen LogP contribution in [0.2, 0.25) is 5.02 Å². The number of urea groups is 2. The number of carbonyl (C=O) groups excluding carboxylic acids is 3. The van der Waals surface area contributed by atoms with Crippen molar-refractivity contribution in [3.8, 4) is 5.75 Å². The molecule has 5 rings (SSSR count). The molecule has 2 atom stereocenters. The lowest BCUT2D eigenvalue weighted by atomic mass is 9.76. The minimum Gasteiger partial charge on any atom is -0.495 e. The fraction of sp³-hybridized carbons (Fsp3) is 0.500. The van der Waals surface area contributed by atoms with E-state index in [1.165, 1.54) is 4.90 Å². The van der Waals surface area contributed by atoms with E-state index in [4.69, 9.17) is 21.4 Å². The molecule has 1 N–H and O–H groups in total. The molecule has 9 nitrogen and oxygen atoms in total. The van der Waals surface area contributed by atoms with Crippen molar-refractivity contribution >= 4 is 35.3 Å². The van der Waals surface area contributed by atoms with Gasteiger partial charge < -0.3 is 15.0 Å². The number of fused-ring (bicyclic) bond motifs is 1. The lowest BCUT2D eigenvalue weighted by molar-refractivity contribution is -0.141. The highest BCUT2D eigenvalue weighted by molar-refractivity contribution is 6.32. The second kappa shape index (κ2) is 9.29. The summed E-state index contributed by atoms with van der Waals surface area (Å²) in [6.45, 7) is 1.82. The number of rotatable bonds is 3. The van der Waals surface area contributed by atoms with E-state index >= 15 is 0 Å². The van der Waals surface area contributed by atoms with Crippen LogP contribution in [0.3, 0.4) is 0 Å². The molecule has 1 aromatic carbocycles. The number of benzene rings is 1. The lowest BCUT2D eigenvalue weighted by Crippen LogP contribution is -2.54. The zero-order valence-corrected chi connectivity index (χ0v) is 19.8.